The maximum Gasteiger partial charge on any atom is 0.0966 e. The second-order valence-electron chi connectivity index (χ2n) is 8.96. The van der Waals surface area contributed by atoms with Crippen molar-refractivity contribution in [2.45, 2.75) is 6.04 Å². The van der Waals surface area contributed by atoms with Crippen molar-refractivity contribution in [1.82, 2.24) is 24.8 Å². The van der Waals surface area contributed by atoms with Crippen LogP contribution in [0.15, 0.2) is 79.0 Å². The topological polar surface area (TPSA) is 67.2 Å². The van der Waals surface area contributed by atoms with Crippen LogP contribution in [0, 0.1) is 0 Å². The molecule has 2 N–H and O–H groups in total. The Morgan fingerprint density at radius 3 is 3.00 bits per heavy atom. The second-order valence-corrected chi connectivity index (χ2v) is 8.96. The lowest BCUT2D eigenvalue weighted by Gasteiger charge is -2.31. The van der Waals surface area contributed by atoms with Crippen molar-refractivity contribution in [2.24, 2.45) is 7.05 Å². The molecule has 1 atom stereocenters. The number of aryl methyl sites for hydroxylation is 1. The van der Waals surface area contributed by atoms with E-state index < -0.39 is 0 Å². The van der Waals surface area contributed by atoms with Crippen LogP contribution in [0.4, 0.5) is 5.69 Å². The van der Waals surface area contributed by atoms with Gasteiger partial charge in [0.25, 0.3) is 0 Å². The number of anilines is 1. The number of rotatable bonds is 5. The minimum absolute atomic E-state index is 0.354. The molecule has 2 aliphatic rings. The predicted molar refractivity (Wildman–Crippen MR) is 136 cm³/mol. The summed E-state index contributed by atoms with van der Waals surface area (Å²) in [6.45, 7) is 4.20. The number of nitrogens with zero attached hydrogens (tertiary/aromatic N) is 4. The maximum absolute atomic E-state index is 5.61. The summed E-state index contributed by atoms with van der Waals surface area (Å²) in [6, 6.07) is 13.3. The Morgan fingerprint density at radius 1 is 1.15 bits per heavy atom. The molecule has 172 valence electrons. The van der Waals surface area contributed by atoms with Crippen molar-refractivity contribution in [3.8, 4) is 11.1 Å². The Balaban J connectivity index is 1.29. The number of benzene rings is 2. The summed E-state index contributed by atoms with van der Waals surface area (Å²) in [4.78, 5) is 11.6. The average Bonchev–Trinajstić information content (AvgIpc) is 3.24. The zero-order valence-electron chi connectivity index (χ0n) is 19.2. The van der Waals surface area contributed by atoms with Crippen LogP contribution in [-0.2, 0) is 11.8 Å². The van der Waals surface area contributed by atoms with Crippen LogP contribution in [0.2, 0.25) is 0 Å². The Morgan fingerprint density at radius 2 is 2.09 bits per heavy atom. The average molecular weight is 453 g/mol. The molecular weight excluding hydrogens is 424 g/mol. The largest absolute Gasteiger partial charge is 0.378 e. The lowest BCUT2D eigenvalue weighted by Crippen LogP contribution is -2.48. The van der Waals surface area contributed by atoms with Crippen LogP contribution in [0.5, 0.6) is 0 Å². The first kappa shape index (κ1) is 20.9. The van der Waals surface area contributed by atoms with Crippen molar-refractivity contribution in [1.29, 1.82) is 0 Å². The second kappa shape index (κ2) is 8.93. The van der Waals surface area contributed by atoms with Crippen molar-refractivity contribution >= 4 is 27.6 Å². The van der Waals surface area contributed by atoms with E-state index in [9.17, 15) is 0 Å². The zero-order chi connectivity index (χ0) is 22.9. The lowest BCUT2D eigenvalue weighted by atomic mass is 10.0. The molecule has 7 nitrogen and oxygen atoms in total. The Labute approximate surface area is 198 Å². The van der Waals surface area contributed by atoms with Gasteiger partial charge in [0.2, 0.25) is 0 Å². The van der Waals surface area contributed by atoms with Gasteiger partial charge in [-0.25, -0.2) is 0 Å². The molecule has 1 unspecified atom stereocenters. The zero-order valence-corrected chi connectivity index (χ0v) is 19.2. The normalized spacial score (nSPS) is 18.4. The number of ether oxygens (including phenoxy) is 1. The molecular formula is C27H28N6O. The number of allylic oxidation sites excluding steroid dienone is 2. The van der Waals surface area contributed by atoms with Gasteiger partial charge in [-0.1, -0.05) is 12.1 Å². The summed E-state index contributed by atoms with van der Waals surface area (Å²) >= 11 is 0. The standard InChI is InChI=1S/C27H28N6O/c1-32-11-6-19-4-5-20(13-26(19)32)24-14-22(15-25-27(24)30-8-7-29-25)31-21-3-2-10-33(16-21)17-23-18-34-12-9-28-23/h2-8,10-11,13-15,23,28,31H,9,12,16-18H2,1H3. The van der Waals surface area contributed by atoms with Gasteiger partial charge < -0.3 is 24.8 Å². The third-order valence-corrected chi connectivity index (χ3v) is 6.50. The maximum atomic E-state index is 5.61. The van der Waals surface area contributed by atoms with Crippen molar-refractivity contribution in [2.75, 3.05) is 38.2 Å². The molecule has 0 aliphatic carbocycles. The summed E-state index contributed by atoms with van der Waals surface area (Å²) in [5, 5.41) is 8.40. The Hall–Kier alpha value is -3.68. The van der Waals surface area contributed by atoms with Crippen molar-refractivity contribution in [3.05, 3.63) is 79.0 Å². The predicted octanol–water partition coefficient (Wildman–Crippen LogP) is 3.90. The van der Waals surface area contributed by atoms with E-state index in [1.807, 2.05) is 0 Å². The van der Waals surface area contributed by atoms with E-state index in [1.165, 1.54) is 10.9 Å². The minimum atomic E-state index is 0.354. The SMILES string of the molecule is Cn1ccc2ccc(-c3cc(NC4=CC=CN(CC5COCCN5)C4)cc4nccnc34)cc21. The van der Waals surface area contributed by atoms with Gasteiger partial charge in [-0.2, -0.15) is 0 Å². The molecule has 0 saturated carbocycles. The molecule has 1 saturated heterocycles. The molecule has 0 radical (unpaired) electrons. The Bertz CT molecular complexity index is 1400. The first-order valence-electron chi connectivity index (χ1n) is 11.7. The number of aromatic nitrogens is 3. The van der Waals surface area contributed by atoms with Crippen LogP contribution >= 0.6 is 0 Å². The number of morpholine rings is 1. The molecule has 0 amide bonds. The number of hydrogen-bond donors (Lipinski definition) is 2. The van der Waals surface area contributed by atoms with E-state index in [4.69, 9.17) is 4.74 Å². The molecule has 34 heavy (non-hydrogen) atoms. The first-order chi connectivity index (χ1) is 16.7. The molecule has 6 rings (SSSR count). The quantitative estimate of drug-likeness (QED) is 0.479. The van der Waals surface area contributed by atoms with Crippen molar-refractivity contribution < 1.29 is 4.74 Å². The van der Waals surface area contributed by atoms with E-state index in [2.05, 4.69) is 98.1 Å². The van der Waals surface area contributed by atoms with Crippen LogP contribution in [0.25, 0.3) is 33.1 Å². The highest BCUT2D eigenvalue weighted by Gasteiger charge is 2.18. The van der Waals surface area contributed by atoms with Gasteiger partial charge in [-0.3, -0.25) is 9.97 Å². The molecule has 7 heteroatoms. The highest BCUT2D eigenvalue weighted by atomic mass is 16.5. The summed E-state index contributed by atoms with van der Waals surface area (Å²) in [7, 11) is 2.08. The molecule has 4 heterocycles. The molecule has 0 spiro atoms. The highest BCUT2D eigenvalue weighted by Crippen LogP contribution is 2.32. The van der Waals surface area contributed by atoms with Crippen LogP contribution in [0.3, 0.4) is 0 Å². The minimum Gasteiger partial charge on any atom is -0.378 e. The van der Waals surface area contributed by atoms with E-state index in [0.717, 1.165) is 66.4 Å². The summed E-state index contributed by atoms with van der Waals surface area (Å²) < 4.78 is 7.76. The van der Waals surface area contributed by atoms with Crippen molar-refractivity contribution in [3.63, 3.8) is 0 Å². The molecule has 1 fully saturated rings. The van der Waals surface area contributed by atoms with Gasteiger partial charge in [0.1, 0.15) is 0 Å². The number of nitrogens with one attached hydrogen (secondary N) is 2. The van der Waals surface area contributed by atoms with Crippen LogP contribution in [-0.4, -0.2) is 58.3 Å². The smallest absolute Gasteiger partial charge is 0.0966 e. The van der Waals surface area contributed by atoms with Gasteiger partial charge in [0.05, 0.1) is 30.8 Å². The lowest BCUT2D eigenvalue weighted by molar-refractivity contribution is 0.0683. The fourth-order valence-corrected chi connectivity index (χ4v) is 4.81. The molecule has 2 aromatic carbocycles. The third-order valence-electron chi connectivity index (χ3n) is 6.50. The fraction of sp³-hybridized carbons (Fsp3) is 0.259. The van der Waals surface area contributed by atoms with Gasteiger partial charge >= 0.3 is 0 Å². The van der Waals surface area contributed by atoms with Crippen LogP contribution < -0.4 is 10.6 Å². The molecule has 2 aliphatic heterocycles. The summed E-state index contributed by atoms with van der Waals surface area (Å²) in [5.41, 5.74) is 7.34. The monoisotopic (exact) mass is 452 g/mol. The van der Waals surface area contributed by atoms with E-state index in [0.29, 0.717) is 6.04 Å². The summed E-state index contributed by atoms with van der Waals surface area (Å²) in [5.74, 6) is 0. The fourth-order valence-electron chi connectivity index (χ4n) is 4.81. The van der Waals surface area contributed by atoms with Crippen LogP contribution in [0.1, 0.15) is 0 Å². The van der Waals surface area contributed by atoms with E-state index in [1.54, 1.807) is 12.4 Å². The Kier molecular flexibility index (Phi) is 5.49. The van der Waals surface area contributed by atoms with Gasteiger partial charge in [0.15, 0.2) is 0 Å². The van der Waals surface area contributed by atoms with Gasteiger partial charge in [0, 0.05) is 67.2 Å². The number of hydrogen-bond acceptors (Lipinski definition) is 6. The molecule has 4 aromatic rings. The highest BCUT2D eigenvalue weighted by molar-refractivity contribution is 5.97. The van der Waals surface area contributed by atoms with E-state index >= 15 is 0 Å². The van der Waals surface area contributed by atoms with E-state index in [-0.39, 0.29) is 0 Å². The van der Waals surface area contributed by atoms with Gasteiger partial charge in [-0.05, 0) is 53.6 Å². The molecule has 2 aromatic heterocycles. The van der Waals surface area contributed by atoms with Gasteiger partial charge in [-0.15, -0.1) is 0 Å². The molecule has 0 bridgehead atoms. The third kappa shape index (κ3) is 4.16. The number of fused-ring (bicyclic) bond motifs is 2. The first-order valence-corrected chi connectivity index (χ1v) is 11.7. The summed E-state index contributed by atoms with van der Waals surface area (Å²) in [6.07, 6.45) is 12.0.